The van der Waals surface area contributed by atoms with Crippen molar-refractivity contribution in [1.29, 1.82) is 0 Å². The van der Waals surface area contributed by atoms with Crippen molar-refractivity contribution in [3.63, 3.8) is 0 Å². The number of fused-ring (bicyclic) bond motifs is 1. The molecule has 0 saturated carbocycles. The Balaban J connectivity index is 1.47. The van der Waals surface area contributed by atoms with Crippen LogP contribution in [0.2, 0.25) is 0 Å². The summed E-state index contributed by atoms with van der Waals surface area (Å²) in [5, 5.41) is 6.32. The summed E-state index contributed by atoms with van der Waals surface area (Å²) < 4.78 is 11.6. The van der Waals surface area contributed by atoms with E-state index in [1.54, 1.807) is 0 Å². The third-order valence-corrected chi connectivity index (χ3v) is 4.86. The van der Waals surface area contributed by atoms with Crippen LogP contribution in [0.3, 0.4) is 0 Å². The summed E-state index contributed by atoms with van der Waals surface area (Å²) >= 11 is 0. The van der Waals surface area contributed by atoms with Crippen molar-refractivity contribution in [2.24, 2.45) is 0 Å². The molecule has 3 atom stereocenters. The second kappa shape index (κ2) is 7.85. The molecule has 2 heterocycles. The number of amides is 1. The number of rotatable bonds is 5. The van der Waals surface area contributed by atoms with Gasteiger partial charge < -0.3 is 20.1 Å². The molecule has 0 bridgehead atoms. The number of likely N-dealkylation sites (tertiary alicyclic amines) is 1. The molecular formula is C18H27N3O3. The fraction of sp³-hybridized carbons (Fsp3) is 0.611. The van der Waals surface area contributed by atoms with Gasteiger partial charge in [-0.3, -0.25) is 9.69 Å². The number of carbonyl (C=O) groups is 1. The van der Waals surface area contributed by atoms with E-state index in [2.05, 4.69) is 15.5 Å². The monoisotopic (exact) mass is 333 g/mol. The lowest BCUT2D eigenvalue weighted by Gasteiger charge is -2.36. The fourth-order valence-corrected chi connectivity index (χ4v) is 3.29. The highest BCUT2D eigenvalue weighted by Gasteiger charge is 2.28. The van der Waals surface area contributed by atoms with Gasteiger partial charge in [-0.1, -0.05) is 12.1 Å². The van der Waals surface area contributed by atoms with Gasteiger partial charge in [0.15, 0.2) is 11.5 Å². The average molecular weight is 333 g/mol. The average Bonchev–Trinajstić information content (AvgIpc) is 2.65. The number of hydrogen-bond acceptors (Lipinski definition) is 5. The summed E-state index contributed by atoms with van der Waals surface area (Å²) in [5.41, 5.74) is 0. The van der Waals surface area contributed by atoms with Crippen LogP contribution < -0.4 is 20.1 Å². The summed E-state index contributed by atoms with van der Waals surface area (Å²) in [4.78, 5) is 14.7. The highest BCUT2D eigenvalue weighted by atomic mass is 16.6. The molecule has 6 heteroatoms. The van der Waals surface area contributed by atoms with Gasteiger partial charge in [-0.25, -0.2) is 0 Å². The summed E-state index contributed by atoms with van der Waals surface area (Å²) in [6.07, 6.45) is 2.15. The standard InChI is InChI=1S/C18H27N3O3/c1-13(21-9-5-6-14(11-21)19-2)18(22)20-10-15-12-23-16-7-3-4-8-17(16)24-15/h3-4,7-8,13-15,19H,5-6,9-12H2,1-2H3,(H,20,22). The lowest BCUT2D eigenvalue weighted by atomic mass is 10.0. The lowest BCUT2D eigenvalue weighted by molar-refractivity contribution is -0.126. The molecule has 1 amide bonds. The van der Waals surface area contributed by atoms with Crippen LogP contribution in [-0.2, 0) is 4.79 Å². The maximum Gasteiger partial charge on any atom is 0.237 e. The van der Waals surface area contributed by atoms with E-state index in [4.69, 9.17) is 9.47 Å². The Bertz CT molecular complexity index is 566. The summed E-state index contributed by atoms with van der Waals surface area (Å²) in [6.45, 7) is 4.78. The number of likely N-dealkylation sites (N-methyl/N-ethyl adjacent to an activating group) is 1. The molecule has 6 nitrogen and oxygen atoms in total. The van der Waals surface area contributed by atoms with E-state index in [9.17, 15) is 4.79 Å². The smallest absolute Gasteiger partial charge is 0.237 e. The number of nitrogens with zero attached hydrogens (tertiary/aromatic N) is 1. The first-order valence-corrected chi connectivity index (χ1v) is 8.75. The highest BCUT2D eigenvalue weighted by Crippen LogP contribution is 2.30. The topological polar surface area (TPSA) is 62.8 Å². The Kier molecular flexibility index (Phi) is 5.58. The minimum absolute atomic E-state index is 0.0502. The molecule has 2 N–H and O–H groups in total. The molecule has 1 aromatic rings. The minimum atomic E-state index is -0.150. The number of hydrogen-bond donors (Lipinski definition) is 2. The normalized spacial score (nSPS) is 25.1. The maximum atomic E-state index is 12.5. The Hall–Kier alpha value is -1.79. The molecule has 1 aromatic carbocycles. The molecule has 3 unspecified atom stereocenters. The van der Waals surface area contributed by atoms with E-state index in [0.29, 0.717) is 19.2 Å². The molecule has 0 radical (unpaired) electrons. The lowest BCUT2D eigenvalue weighted by Crippen LogP contribution is -2.54. The molecule has 3 rings (SSSR count). The summed E-state index contributed by atoms with van der Waals surface area (Å²) in [5.74, 6) is 1.55. The zero-order valence-electron chi connectivity index (χ0n) is 14.5. The van der Waals surface area contributed by atoms with Gasteiger partial charge in [0.2, 0.25) is 5.91 Å². The van der Waals surface area contributed by atoms with Crippen LogP contribution in [0.1, 0.15) is 19.8 Å². The van der Waals surface area contributed by atoms with Crippen LogP contribution in [0.4, 0.5) is 0 Å². The van der Waals surface area contributed by atoms with E-state index in [-0.39, 0.29) is 18.1 Å². The predicted octanol–water partition coefficient (Wildman–Crippen LogP) is 1.01. The van der Waals surface area contributed by atoms with Gasteiger partial charge in [0.05, 0.1) is 12.6 Å². The van der Waals surface area contributed by atoms with Gasteiger partial charge in [0.1, 0.15) is 12.7 Å². The molecule has 1 fully saturated rings. The van der Waals surface area contributed by atoms with Crippen molar-refractivity contribution in [3.8, 4) is 11.5 Å². The molecular weight excluding hydrogens is 306 g/mol. The number of para-hydroxylation sites is 2. The maximum absolute atomic E-state index is 12.5. The molecule has 0 spiro atoms. The molecule has 0 aromatic heterocycles. The summed E-state index contributed by atoms with van der Waals surface area (Å²) in [6, 6.07) is 7.96. The predicted molar refractivity (Wildman–Crippen MR) is 92.5 cm³/mol. The Labute approximate surface area is 143 Å². The van der Waals surface area contributed by atoms with E-state index < -0.39 is 0 Å². The molecule has 0 aliphatic carbocycles. The molecule has 132 valence electrons. The second-order valence-corrected chi connectivity index (χ2v) is 6.54. The quantitative estimate of drug-likeness (QED) is 0.842. The van der Waals surface area contributed by atoms with E-state index in [1.807, 2.05) is 38.2 Å². The Morgan fingerprint density at radius 2 is 2.17 bits per heavy atom. The van der Waals surface area contributed by atoms with Crippen LogP contribution in [-0.4, -0.2) is 62.3 Å². The van der Waals surface area contributed by atoms with Crippen molar-refractivity contribution in [2.75, 3.05) is 33.3 Å². The minimum Gasteiger partial charge on any atom is -0.486 e. The van der Waals surface area contributed by atoms with Crippen molar-refractivity contribution in [3.05, 3.63) is 24.3 Å². The fourth-order valence-electron chi connectivity index (χ4n) is 3.29. The van der Waals surface area contributed by atoms with Crippen LogP contribution in [0.25, 0.3) is 0 Å². The van der Waals surface area contributed by atoms with Crippen LogP contribution in [0.5, 0.6) is 11.5 Å². The second-order valence-electron chi connectivity index (χ2n) is 6.54. The van der Waals surface area contributed by atoms with Crippen LogP contribution in [0, 0.1) is 0 Å². The number of benzene rings is 1. The van der Waals surface area contributed by atoms with Gasteiger partial charge in [-0.05, 0) is 45.5 Å². The first-order valence-electron chi connectivity index (χ1n) is 8.75. The Morgan fingerprint density at radius 1 is 1.38 bits per heavy atom. The van der Waals surface area contributed by atoms with Crippen molar-refractivity contribution in [1.82, 2.24) is 15.5 Å². The number of carbonyl (C=O) groups excluding carboxylic acids is 1. The van der Waals surface area contributed by atoms with Crippen molar-refractivity contribution < 1.29 is 14.3 Å². The van der Waals surface area contributed by atoms with Gasteiger partial charge in [-0.15, -0.1) is 0 Å². The highest BCUT2D eigenvalue weighted by molar-refractivity contribution is 5.81. The zero-order chi connectivity index (χ0) is 16.9. The molecule has 2 aliphatic heterocycles. The van der Waals surface area contributed by atoms with E-state index >= 15 is 0 Å². The number of ether oxygens (including phenoxy) is 2. The van der Waals surface area contributed by atoms with Gasteiger partial charge in [-0.2, -0.15) is 0 Å². The third kappa shape index (κ3) is 3.99. The first-order chi connectivity index (χ1) is 11.7. The molecule has 2 aliphatic rings. The van der Waals surface area contributed by atoms with Gasteiger partial charge in [0.25, 0.3) is 0 Å². The van der Waals surface area contributed by atoms with Gasteiger partial charge in [0, 0.05) is 12.6 Å². The summed E-state index contributed by atoms with van der Waals surface area (Å²) in [7, 11) is 1.98. The van der Waals surface area contributed by atoms with E-state index in [0.717, 1.165) is 31.0 Å². The van der Waals surface area contributed by atoms with E-state index in [1.165, 1.54) is 6.42 Å². The number of piperidine rings is 1. The van der Waals surface area contributed by atoms with Gasteiger partial charge >= 0.3 is 0 Å². The molecule has 1 saturated heterocycles. The van der Waals surface area contributed by atoms with Crippen LogP contribution in [0.15, 0.2) is 24.3 Å². The Morgan fingerprint density at radius 3 is 2.96 bits per heavy atom. The number of nitrogens with one attached hydrogen (secondary N) is 2. The SMILES string of the molecule is CNC1CCCN(C(C)C(=O)NCC2COc3ccccc3O2)C1. The molecule has 24 heavy (non-hydrogen) atoms. The zero-order valence-corrected chi connectivity index (χ0v) is 14.5. The third-order valence-electron chi connectivity index (χ3n) is 4.86. The van der Waals surface area contributed by atoms with Crippen LogP contribution >= 0.6 is 0 Å². The van der Waals surface area contributed by atoms with Crippen molar-refractivity contribution in [2.45, 2.75) is 38.0 Å². The largest absolute Gasteiger partial charge is 0.486 e. The van der Waals surface area contributed by atoms with Crippen molar-refractivity contribution >= 4 is 5.91 Å². The first kappa shape index (κ1) is 17.0.